The predicted molar refractivity (Wildman–Crippen MR) is 143 cm³/mol. The first-order valence-corrected chi connectivity index (χ1v) is 14.3. The first kappa shape index (κ1) is 26.7. The van der Waals surface area contributed by atoms with Gasteiger partial charge >= 0.3 is 5.97 Å². The van der Waals surface area contributed by atoms with Gasteiger partial charge in [0.2, 0.25) is 0 Å². The maximum Gasteiger partial charge on any atom is 0.312 e. The SMILES string of the molecule is COC(=O)[C@]12CCC(C)(C)C[C@H]1[C@H]1C(=O)C=C3[C@@]4(C)C/C(=C/O)C(=O)C(C)(C)C4CC[C@@]3(C)[C@]1(C)CC2. The molecule has 0 radical (unpaired) electrons. The normalized spacial score (nSPS) is 47.2. The molecular weight excluding hydrogens is 464 g/mol. The average molecular weight is 511 g/mol. The summed E-state index contributed by atoms with van der Waals surface area (Å²) in [6, 6.07) is 0. The lowest BCUT2D eigenvalue weighted by atomic mass is 9.33. The second kappa shape index (κ2) is 7.82. The molecule has 5 rings (SSSR count). The quantitative estimate of drug-likeness (QED) is 0.239. The minimum absolute atomic E-state index is 0.0258. The molecule has 0 bridgehead atoms. The molecule has 0 aromatic rings. The van der Waals surface area contributed by atoms with Gasteiger partial charge in [-0.25, -0.2) is 0 Å². The van der Waals surface area contributed by atoms with Gasteiger partial charge in [0.15, 0.2) is 11.6 Å². The number of ketones is 2. The van der Waals surface area contributed by atoms with Gasteiger partial charge in [-0.15, -0.1) is 0 Å². The van der Waals surface area contributed by atoms with Gasteiger partial charge in [0.1, 0.15) is 0 Å². The molecule has 37 heavy (non-hydrogen) atoms. The molecule has 4 saturated carbocycles. The summed E-state index contributed by atoms with van der Waals surface area (Å²) in [6.07, 6.45) is 9.42. The second-order valence-corrected chi connectivity index (χ2v) is 15.2. The van der Waals surface area contributed by atoms with Crippen LogP contribution in [0.15, 0.2) is 23.5 Å². The summed E-state index contributed by atoms with van der Waals surface area (Å²) < 4.78 is 5.41. The number of aliphatic hydroxyl groups excluding tert-OH is 1. The van der Waals surface area contributed by atoms with Crippen LogP contribution in [-0.4, -0.2) is 29.8 Å². The molecule has 0 aromatic heterocycles. The standard InChI is InChI=1S/C32H46O5/c1-27(2)11-13-32(26(36)37-8)14-12-31(7)24(20(32)17-27)21(34)15-23-29(5)16-19(18-33)25(35)28(3,4)22(29)9-10-30(23,31)6/h15,18,20,22,24,33H,9-14,16-17H2,1-8H3/b19-18-/t20-,22?,24-,29-,30+,31+,32-/m0/s1. The minimum Gasteiger partial charge on any atom is -0.515 e. The zero-order chi connectivity index (χ0) is 27.4. The number of carbonyl (C=O) groups is 3. The van der Waals surface area contributed by atoms with Crippen LogP contribution in [0, 0.1) is 50.2 Å². The number of ether oxygens (including phenoxy) is 1. The largest absolute Gasteiger partial charge is 0.515 e. The fraction of sp³-hybridized carbons (Fsp3) is 0.781. The van der Waals surface area contributed by atoms with Crippen molar-refractivity contribution in [1.29, 1.82) is 0 Å². The van der Waals surface area contributed by atoms with Crippen molar-refractivity contribution in [2.45, 2.75) is 99.8 Å². The van der Waals surface area contributed by atoms with Gasteiger partial charge in [-0.3, -0.25) is 14.4 Å². The Hall–Kier alpha value is -1.91. The highest BCUT2D eigenvalue weighted by Crippen LogP contribution is 2.75. The summed E-state index contributed by atoms with van der Waals surface area (Å²) in [5, 5.41) is 10.0. The molecule has 7 atom stereocenters. The summed E-state index contributed by atoms with van der Waals surface area (Å²) in [4.78, 5) is 41.0. The fourth-order valence-electron chi connectivity index (χ4n) is 10.5. The number of hydrogen-bond donors (Lipinski definition) is 1. The molecule has 0 saturated heterocycles. The van der Waals surface area contributed by atoms with Crippen LogP contribution in [0.2, 0.25) is 0 Å². The molecule has 5 aliphatic carbocycles. The highest BCUT2D eigenvalue weighted by atomic mass is 16.5. The summed E-state index contributed by atoms with van der Waals surface area (Å²) >= 11 is 0. The summed E-state index contributed by atoms with van der Waals surface area (Å²) in [6.45, 7) is 15.4. The van der Waals surface area contributed by atoms with Crippen LogP contribution in [-0.2, 0) is 19.1 Å². The molecule has 5 nitrogen and oxygen atoms in total. The Balaban J connectivity index is 1.68. The number of rotatable bonds is 1. The van der Waals surface area contributed by atoms with Crippen molar-refractivity contribution >= 4 is 17.5 Å². The predicted octanol–water partition coefficient (Wildman–Crippen LogP) is 6.76. The van der Waals surface area contributed by atoms with Crippen LogP contribution in [0.1, 0.15) is 99.8 Å². The van der Waals surface area contributed by atoms with E-state index in [2.05, 4.69) is 34.6 Å². The Labute approximate surface area is 222 Å². The number of methoxy groups -OCH3 is 1. The Bertz CT molecular complexity index is 1130. The number of esters is 1. The van der Waals surface area contributed by atoms with Gasteiger partial charge in [-0.2, -0.15) is 0 Å². The molecule has 5 heteroatoms. The third-order valence-corrected chi connectivity index (χ3v) is 12.7. The number of fused-ring (bicyclic) bond motifs is 7. The molecule has 1 N–H and O–H groups in total. The lowest BCUT2D eigenvalue weighted by Crippen LogP contribution is -2.66. The Kier molecular flexibility index (Phi) is 5.64. The Morgan fingerprint density at radius 3 is 2.27 bits per heavy atom. The Morgan fingerprint density at radius 1 is 1.00 bits per heavy atom. The topological polar surface area (TPSA) is 80.7 Å². The number of carbonyl (C=O) groups excluding carboxylic acids is 3. The lowest BCUT2D eigenvalue weighted by Gasteiger charge is -2.69. The van der Waals surface area contributed by atoms with E-state index < -0.39 is 10.8 Å². The van der Waals surface area contributed by atoms with Crippen LogP contribution >= 0.6 is 0 Å². The van der Waals surface area contributed by atoms with Crippen LogP contribution in [0.25, 0.3) is 0 Å². The molecule has 0 heterocycles. The van der Waals surface area contributed by atoms with Crippen LogP contribution < -0.4 is 0 Å². The van der Waals surface area contributed by atoms with Crippen molar-refractivity contribution in [3.8, 4) is 0 Å². The molecule has 0 amide bonds. The van der Waals surface area contributed by atoms with E-state index in [1.807, 2.05) is 19.9 Å². The van der Waals surface area contributed by atoms with Gasteiger partial charge in [0, 0.05) is 16.9 Å². The van der Waals surface area contributed by atoms with Gasteiger partial charge in [0.05, 0.1) is 18.8 Å². The van der Waals surface area contributed by atoms with E-state index in [1.165, 1.54) is 12.7 Å². The zero-order valence-corrected chi connectivity index (χ0v) is 24.1. The number of hydrogen-bond acceptors (Lipinski definition) is 5. The number of allylic oxidation sites excluding steroid dienone is 3. The van der Waals surface area contributed by atoms with Crippen molar-refractivity contribution in [2.75, 3.05) is 7.11 Å². The van der Waals surface area contributed by atoms with E-state index in [0.717, 1.165) is 51.2 Å². The highest BCUT2D eigenvalue weighted by molar-refractivity contribution is 6.01. The number of aliphatic hydroxyl groups is 1. The monoisotopic (exact) mass is 510 g/mol. The van der Waals surface area contributed by atoms with Crippen molar-refractivity contribution < 1.29 is 24.2 Å². The van der Waals surface area contributed by atoms with Crippen LogP contribution in [0.3, 0.4) is 0 Å². The van der Waals surface area contributed by atoms with E-state index in [0.29, 0.717) is 12.0 Å². The second-order valence-electron chi connectivity index (χ2n) is 15.2. The first-order valence-electron chi connectivity index (χ1n) is 14.3. The molecular formula is C32H46O5. The molecule has 5 aliphatic rings. The van der Waals surface area contributed by atoms with Crippen molar-refractivity contribution in [3.05, 3.63) is 23.5 Å². The van der Waals surface area contributed by atoms with E-state index in [4.69, 9.17) is 4.74 Å². The van der Waals surface area contributed by atoms with E-state index in [9.17, 15) is 19.5 Å². The Morgan fingerprint density at radius 2 is 1.65 bits per heavy atom. The summed E-state index contributed by atoms with van der Waals surface area (Å²) in [7, 11) is 1.49. The smallest absolute Gasteiger partial charge is 0.312 e. The van der Waals surface area contributed by atoms with Crippen LogP contribution in [0.5, 0.6) is 0 Å². The zero-order valence-electron chi connectivity index (χ0n) is 24.1. The van der Waals surface area contributed by atoms with Crippen LogP contribution in [0.4, 0.5) is 0 Å². The van der Waals surface area contributed by atoms with Gasteiger partial charge in [-0.1, -0.05) is 54.0 Å². The van der Waals surface area contributed by atoms with Gasteiger partial charge in [0.25, 0.3) is 0 Å². The van der Waals surface area contributed by atoms with Crippen molar-refractivity contribution in [1.82, 2.24) is 0 Å². The maximum atomic E-state index is 14.4. The fourth-order valence-corrected chi connectivity index (χ4v) is 10.5. The first-order chi connectivity index (χ1) is 17.0. The maximum absolute atomic E-state index is 14.4. The third-order valence-electron chi connectivity index (χ3n) is 12.7. The van der Waals surface area contributed by atoms with Crippen molar-refractivity contribution in [3.63, 3.8) is 0 Å². The summed E-state index contributed by atoms with van der Waals surface area (Å²) in [5.41, 5.74) is -0.375. The molecule has 1 unspecified atom stereocenters. The van der Waals surface area contributed by atoms with E-state index in [1.54, 1.807) is 0 Å². The molecule has 204 valence electrons. The summed E-state index contributed by atoms with van der Waals surface area (Å²) in [5.74, 6) is -0.111. The third kappa shape index (κ3) is 3.18. The van der Waals surface area contributed by atoms with Crippen molar-refractivity contribution in [2.24, 2.45) is 50.2 Å². The molecule has 0 spiro atoms. The van der Waals surface area contributed by atoms with Gasteiger partial charge in [-0.05, 0) is 90.9 Å². The molecule has 0 aromatic carbocycles. The van der Waals surface area contributed by atoms with E-state index in [-0.39, 0.29) is 56.9 Å². The van der Waals surface area contributed by atoms with E-state index >= 15 is 0 Å². The lowest BCUT2D eigenvalue weighted by molar-refractivity contribution is -0.192. The molecule has 4 fully saturated rings. The molecule has 0 aliphatic heterocycles. The minimum atomic E-state index is -0.607. The highest BCUT2D eigenvalue weighted by Gasteiger charge is 2.71. The number of Topliss-reactive ketones (excluding diaryl/α,β-unsaturated/α-hetero) is 1. The average Bonchev–Trinajstić information content (AvgIpc) is 2.82. The van der Waals surface area contributed by atoms with Gasteiger partial charge < -0.3 is 9.84 Å².